The Morgan fingerprint density at radius 1 is 1.62 bits per heavy atom. The largest absolute Gasteiger partial charge is 0.507 e. The van der Waals surface area contributed by atoms with Gasteiger partial charge in [-0.25, -0.2) is 0 Å². The lowest BCUT2D eigenvalue weighted by molar-refractivity contribution is -0.143. The number of methoxy groups -OCH3 is 1. The smallest absolute Gasteiger partial charge is 0.323 e. The summed E-state index contributed by atoms with van der Waals surface area (Å²) in [6, 6.07) is 3.25. The summed E-state index contributed by atoms with van der Waals surface area (Å²) in [5.74, 6) is 0.0476. The molecule has 0 fully saturated rings. The number of hydrogen-bond acceptors (Lipinski definition) is 4. The number of rotatable bonds is 1. The molecule has 1 aromatic rings. The van der Waals surface area contributed by atoms with Crippen molar-refractivity contribution in [2.75, 3.05) is 7.11 Å². The number of benzene rings is 1. The van der Waals surface area contributed by atoms with Crippen molar-refractivity contribution in [2.45, 2.75) is 19.0 Å². The number of fused-ring (bicyclic) bond motifs is 1. The Bertz CT molecular complexity index is 433. The van der Waals surface area contributed by atoms with Gasteiger partial charge in [0.2, 0.25) is 0 Å². The molecule has 4 nitrogen and oxygen atoms in total. The Kier molecular flexibility index (Phi) is 3.34. The van der Waals surface area contributed by atoms with E-state index in [-0.39, 0.29) is 17.8 Å². The van der Waals surface area contributed by atoms with E-state index in [1.807, 2.05) is 6.07 Å². The number of hydrogen-bond donors (Lipinski definition) is 2. The molecule has 0 bridgehead atoms. The van der Waals surface area contributed by atoms with Crippen molar-refractivity contribution in [1.82, 2.24) is 5.32 Å². The summed E-state index contributed by atoms with van der Waals surface area (Å²) >= 11 is 2.12. The third kappa shape index (κ3) is 2.01. The van der Waals surface area contributed by atoms with E-state index in [0.717, 1.165) is 14.7 Å². The lowest BCUT2D eigenvalue weighted by Gasteiger charge is -2.25. The molecule has 86 valence electrons. The molecule has 2 rings (SSSR count). The maximum Gasteiger partial charge on any atom is 0.323 e. The first-order valence-corrected chi connectivity index (χ1v) is 6.01. The first-order valence-electron chi connectivity index (χ1n) is 4.94. The third-order valence-electron chi connectivity index (χ3n) is 2.75. The van der Waals surface area contributed by atoms with Crippen LogP contribution in [0, 0.1) is 3.57 Å². The summed E-state index contributed by atoms with van der Waals surface area (Å²) in [7, 11) is 1.39. The normalized spacial score (nSPS) is 19.0. The summed E-state index contributed by atoms with van der Waals surface area (Å²) < 4.78 is 5.56. The minimum Gasteiger partial charge on any atom is -0.507 e. The lowest BCUT2D eigenvalue weighted by atomic mass is 9.95. The highest BCUT2D eigenvalue weighted by Gasteiger charge is 2.26. The summed E-state index contributed by atoms with van der Waals surface area (Å²) in [6.07, 6.45) is 0.609. The Morgan fingerprint density at radius 3 is 3.06 bits per heavy atom. The molecule has 0 aromatic heterocycles. The molecule has 0 radical (unpaired) electrons. The highest BCUT2D eigenvalue weighted by Crippen LogP contribution is 2.29. The minimum absolute atomic E-state index is 0.242. The molecule has 1 heterocycles. The number of esters is 1. The Hall–Kier alpha value is -0.820. The van der Waals surface area contributed by atoms with Gasteiger partial charge in [0.1, 0.15) is 11.8 Å². The van der Waals surface area contributed by atoms with E-state index in [4.69, 9.17) is 4.74 Å². The van der Waals surface area contributed by atoms with Crippen LogP contribution in [0.2, 0.25) is 0 Å². The van der Waals surface area contributed by atoms with Crippen molar-refractivity contribution < 1.29 is 14.6 Å². The zero-order chi connectivity index (χ0) is 11.7. The average molecular weight is 333 g/mol. The maximum absolute atomic E-state index is 11.4. The summed E-state index contributed by atoms with van der Waals surface area (Å²) in [4.78, 5) is 11.4. The van der Waals surface area contributed by atoms with E-state index < -0.39 is 0 Å². The van der Waals surface area contributed by atoms with E-state index >= 15 is 0 Å². The van der Waals surface area contributed by atoms with E-state index in [1.165, 1.54) is 7.11 Å². The quantitative estimate of drug-likeness (QED) is 0.599. The zero-order valence-corrected chi connectivity index (χ0v) is 10.9. The van der Waals surface area contributed by atoms with Crippen LogP contribution in [-0.2, 0) is 22.5 Å². The SMILES string of the molecule is COC(=O)[C@@H]1Cc2ccc(O)c(I)c2CN1. The predicted molar refractivity (Wildman–Crippen MR) is 67.2 cm³/mol. The molecule has 0 aliphatic carbocycles. The second-order valence-corrected chi connectivity index (χ2v) is 4.78. The van der Waals surface area contributed by atoms with Crippen LogP contribution >= 0.6 is 22.6 Å². The maximum atomic E-state index is 11.4. The molecule has 1 atom stereocenters. The fourth-order valence-corrected chi connectivity index (χ4v) is 2.57. The summed E-state index contributed by atoms with van der Waals surface area (Å²) in [5.41, 5.74) is 2.16. The second-order valence-electron chi connectivity index (χ2n) is 3.70. The number of phenols is 1. The number of nitrogens with one attached hydrogen (secondary N) is 1. The van der Waals surface area contributed by atoms with Gasteiger partial charge in [-0.05, 0) is 46.2 Å². The van der Waals surface area contributed by atoms with Crippen LogP contribution in [0.1, 0.15) is 11.1 Å². The highest BCUT2D eigenvalue weighted by molar-refractivity contribution is 14.1. The van der Waals surface area contributed by atoms with E-state index in [1.54, 1.807) is 6.07 Å². The van der Waals surface area contributed by atoms with Gasteiger partial charge >= 0.3 is 5.97 Å². The van der Waals surface area contributed by atoms with Crippen LogP contribution in [0.3, 0.4) is 0 Å². The van der Waals surface area contributed by atoms with E-state index in [9.17, 15) is 9.90 Å². The van der Waals surface area contributed by atoms with Gasteiger partial charge in [0, 0.05) is 6.54 Å². The first kappa shape index (κ1) is 11.7. The fourth-order valence-electron chi connectivity index (χ4n) is 1.86. The van der Waals surface area contributed by atoms with E-state index in [0.29, 0.717) is 13.0 Å². The van der Waals surface area contributed by atoms with Gasteiger partial charge in [-0.1, -0.05) is 6.07 Å². The van der Waals surface area contributed by atoms with Crippen LogP contribution in [0.4, 0.5) is 0 Å². The number of halogens is 1. The number of aromatic hydroxyl groups is 1. The molecule has 1 aliphatic rings. The first-order chi connectivity index (χ1) is 7.63. The monoisotopic (exact) mass is 333 g/mol. The van der Waals surface area contributed by atoms with Gasteiger partial charge < -0.3 is 9.84 Å². The van der Waals surface area contributed by atoms with Gasteiger partial charge in [-0.2, -0.15) is 0 Å². The molecule has 5 heteroatoms. The van der Waals surface area contributed by atoms with Crippen molar-refractivity contribution in [2.24, 2.45) is 0 Å². The summed E-state index contributed by atoms with van der Waals surface area (Å²) in [6.45, 7) is 0.585. The molecule has 1 aromatic carbocycles. The lowest BCUT2D eigenvalue weighted by Crippen LogP contribution is -2.42. The van der Waals surface area contributed by atoms with Crippen LogP contribution < -0.4 is 5.32 Å². The number of carbonyl (C=O) groups is 1. The van der Waals surface area contributed by atoms with Gasteiger partial charge in [-0.15, -0.1) is 0 Å². The van der Waals surface area contributed by atoms with Crippen LogP contribution in [0.5, 0.6) is 5.75 Å². The van der Waals surface area contributed by atoms with Gasteiger partial charge in [0.05, 0.1) is 10.7 Å². The molecule has 0 spiro atoms. The van der Waals surface area contributed by atoms with Crippen LogP contribution in [0.25, 0.3) is 0 Å². The third-order valence-corrected chi connectivity index (χ3v) is 3.96. The summed E-state index contributed by atoms with van der Waals surface area (Å²) in [5, 5.41) is 12.7. The zero-order valence-electron chi connectivity index (χ0n) is 8.79. The van der Waals surface area contributed by atoms with Gasteiger partial charge in [0.25, 0.3) is 0 Å². The minimum atomic E-state index is -0.280. The molecular formula is C11H12INO3. The molecular weight excluding hydrogens is 321 g/mol. The standard InChI is InChI=1S/C11H12INO3/c1-16-11(15)8-4-6-2-3-9(14)10(12)7(6)5-13-8/h2-3,8,13-14H,4-5H2,1H3/t8-/m0/s1. The number of carbonyl (C=O) groups excluding carboxylic acids is 1. The molecule has 2 N–H and O–H groups in total. The van der Waals surface area contributed by atoms with Gasteiger partial charge in [0.15, 0.2) is 0 Å². The molecule has 16 heavy (non-hydrogen) atoms. The highest BCUT2D eigenvalue weighted by atomic mass is 127. The number of phenolic OH excluding ortho intramolecular Hbond substituents is 1. The van der Waals surface area contributed by atoms with Crippen LogP contribution in [0.15, 0.2) is 12.1 Å². The van der Waals surface area contributed by atoms with Crippen LogP contribution in [-0.4, -0.2) is 24.2 Å². The fraction of sp³-hybridized carbons (Fsp3) is 0.364. The van der Waals surface area contributed by atoms with Gasteiger partial charge in [-0.3, -0.25) is 10.1 Å². The van der Waals surface area contributed by atoms with Crippen molar-refractivity contribution in [3.05, 3.63) is 26.8 Å². The molecule has 1 aliphatic heterocycles. The topological polar surface area (TPSA) is 58.6 Å². The Balaban J connectivity index is 2.29. The molecule has 0 unspecified atom stereocenters. The molecule has 0 amide bonds. The predicted octanol–water partition coefficient (Wildman–Crippen LogP) is 1.18. The molecule has 0 saturated carbocycles. The molecule has 0 saturated heterocycles. The van der Waals surface area contributed by atoms with Crippen molar-refractivity contribution >= 4 is 28.6 Å². The number of ether oxygens (including phenoxy) is 1. The Morgan fingerprint density at radius 2 is 2.38 bits per heavy atom. The second kappa shape index (κ2) is 4.58. The van der Waals surface area contributed by atoms with Crippen molar-refractivity contribution in [3.8, 4) is 5.75 Å². The van der Waals surface area contributed by atoms with Crippen molar-refractivity contribution in [1.29, 1.82) is 0 Å². The average Bonchev–Trinajstić information content (AvgIpc) is 2.32. The van der Waals surface area contributed by atoms with Crippen molar-refractivity contribution in [3.63, 3.8) is 0 Å². The van der Waals surface area contributed by atoms with E-state index in [2.05, 4.69) is 27.9 Å². The Labute approximate surface area is 107 Å².